The molecule has 0 radical (unpaired) electrons. The Balaban J connectivity index is 1.68. The summed E-state index contributed by atoms with van der Waals surface area (Å²) in [7, 11) is 1.57. The SMILES string of the molecule is COc1cc(OCN=[N+]=[N-])ccc1-c1cc2c(ON)cc(C3(N=O)CC(C)(CN=[N+]=[N-])CC(C)(CN=[N+]=[N-])C3)c(-c3ccccc3)c2cc1N1CCOCC1. The summed E-state index contributed by atoms with van der Waals surface area (Å²) in [5, 5.41) is 16.8. The van der Waals surface area contributed by atoms with Crippen LogP contribution in [-0.2, 0) is 10.3 Å². The quantitative estimate of drug-likeness (QED) is 0.0430. The first-order valence-corrected chi connectivity index (χ1v) is 17.7. The fourth-order valence-corrected chi connectivity index (χ4v) is 8.76. The van der Waals surface area contributed by atoms with Gasteiger partial charge in [-0.3, -0.25) is 0 Å². The molecule has 2 fully saturated rings. The fraction of sp³-hybridized carbons (Fsp3) is 0.421. The van der Waals surface area contributed by atoms with Crippen LogP contribution >= 0.6 is 0 Å². The Morgan fingerprint density at radius 1 is 0.818 bits per heavy atom. The molecular weight excluding hydrogens is 704 g/mol. The maximum atomic E-state index is 13.7. The molecule has 0 spiro atoms. The number of methoxy groups -OCH3 is 1. The monoisotopic (exact) mass is 746 g/mol. The molecule has 4 aromatic carbocycles. The van der Waals surface area contributed by atoms with Crippen molar-refractivity contribution < 1.29 is 19.0 Å². The third kappa shape index (κ3) is 7.88. The summed E-state index contributed by atoms with van der Waals surface area (Å²) in [4.78, 5) is 30.4. The Labute approximate surface area is 317 Å². The number of morpholine rings is 1. The molecule has 2 unspecified atom stereocenters. The van der Waals surface area contributed by atoms with Crippen LogP contribution in [-0.4, -0.2) is 53.2 Å². The van der Waals surface area contributed by atoms with Crippen LogP contribution in [0.15, 0.2) is 87.2 Å². The van der Waals surface area contributed by atoms with E-state index < -0.39 is 16.4 Å². The number of ether oxygens (including phenoxy) is 3. The van der Waals surface area contributed by atoms with Crippen LogP contribution in [0, 0.1) is 15.7 Å². The van der Waals surface area contributed by atoms with E-state index in [-0.39, 0.29) is 32.7 Å². The Bertz CT molecular complexity index is 2180. The van der Waals surface area contributed by atoms with Crippen LogP contribution in [0.2, 0.25) is 0 Å². The number of hydrogen-bond donors (Lipinski definition) is 1. The zero-order chi connectivity index (χ0) is 39.1. The Morgan fingerprint density at radius 3 is 2.09 bits per heavy atom. The lowest BCUT2D eigenvalue weighted by molar-refractivity contribution is 0.0346. The average Bonchev–Trinajstić information content (AvgIpc) is 3.21. The van der Waals surface area contributed by atoms with Crippen molar-refractivity contribution in [2.75, 3.05) is 58.1 Å². The van der Waals surface area contributed by atoms with Crippen molar-refractivity contribution in [3.63, 3.8) is 0 Å². The highest BCUT2D eigenvalue weighted by atomic mass is 16.6. The molecule has 17 nitrogen and oxygen atoms in total. The van der Waals surface area contributed by atoms with E-state index in [1.54, 1.807) is 25.3 Å². The largest absolute Gasteiger partial charge is 0.496 e. The fourth-order valence-electron chi connectivity index (χ4n) is 8.76. The van der Waals surface area contributed by atoms with Gasteiger partial charge in [-0.05, 0) is 99.1 Å². The van der Waals surface area contributed by atoms with Crippen molar-refractivity contribution in [2.45, 2.75) is 38.6 Å². The number of benzene rings is 4. The van der Waals surface area contributed by atoms with Crippen molar-refractivity contribution >= 4 is 16.5 Å². The summed E-state index contributed by atoms with van der Waals surface area (Å²) >= 11 is 0. The maximum absolute atomic E-state index is 13.7. The molecule has 0 bridgehead atoms. The molecule has 6 rings (SSSR count). The molecule has 0 aromatic heterocycles. The highest BCUT2D eigenvalue weighted by Crippen LogP contribution is 2.59. The van der Waals surface area contributed by atoms with Gasteiger partial charge in [0.15, 0.2) is 12.5 Å². The van der Waals surface area contributed by atoms with Gasteiger partial charge in [0.05, 0.1) is 20.3 Å². The van der Waals surface area contributed by atoms with Gasteiger partial charge in [0.2, 0.25) is 0 Å². The molecule has 2 N–H and O–H groups in total. The first-order chi connectivity index (χ1) is 26.7. The third-order valence-corrected chi connectivity index (χ3v) is 10.6. The first kappa shape index (κ1) is 38.5. The first-order valence-electron chi connectivity index (χ1n) is 17.7. The molecule has 55 heavy (non-hydrogen) atoms. The van der Waals surface area contributed by atoms with Gasteiger partial charge < -0.3 is 23.9 Å². The molecule has 0 amide bonds. The number of rotatable bonds is 14. The maximum Gasteiger partial charge on any atom is 0.167 e. The summed E-state index contributed by atoms with van der Waals surface area (Å²) in [5.41, 5.74) is 29.3. The van der Waals surface area contributed by atoms with Crippen LogP contribution in [0.5, 0.6) is 17.2 Å². The molecule has 1 saturated carbocycles. The van der Waals surface area contributed by atoms with Crippen LogP contribution in [0.3, 0.4) is 0 Å². The Hall–Kier alpha value is -6.21. The Kier molecular flexibility index (Phi) is 11.5. The van der Waals surface area contributed by atoms with Crippen molar-refractivity contribution in [1.82, 2.24) is 0 Å². The number of azide groups is 3. The van der Waals surface area contributed by atoms with Gasteiger partial charge in [-0.2, -0.15) is 5.90 Å². The van der Waals surface area contributed by atoms with Crippen molar-refractivity contribution in [1.29, 1.82) is 0 Å². The number of anilines is 1. The van der Waals surface area contributed by atoms with Gasteiger partial charge in [0, 0.05) is 69.2 Å². The molecule has 2 atom stereocenters. The van der Waals surface area contributed by atoms with Crippen LogP contribution in [0.1, 0.15) is 38.7 Å². The summed E-state index contributed by atoms with van der Waals surface area (Å²) in [6, 6.07) is 21.1. The predicted molar refractivity (Wildman–Crippen MR) is 209 cm³/mol. The topological polar surface area (TPSA) is 242 Å². The van der Waals surface area contributed by atoms with E-state index in [0.717, 1.165) is 33.3 Å². The van der Waals surface area contributed by atoms with Crippen molar-refractivity contribution in [3.05, 3.63) is 109 Å². The normalized spacial score (nSPS) is 22.1. The van der Waals surface area contributed by atoms with Gasteiger partial charge in [-0.25, -0.2) is 0 Å². The van der Waals surface area contributed by atoms with Crippen molar-refractivity contribution in [3.8, 4) is 39.5 Å². The van der Waals surface area contributed by atoms with E-state index in [9.17, 15) is 16.0 Å². The third-order valence-electron chi connectivity index (χ3n) is 10.6. The number of nitrogens with zero attached hydrogens (tertiary/aromatic N) is 11. The lowest BCUT2D eigenvalue weighted by Crippen LogP contribution is -2.47. The predicted octanol–water partition coefficient (Wildman–Crippen LogP) is 9.70. The summed E-state index contributed by atoms with van der Waals surface area (Å²) in [5.74, 6) is 7.40. The van der Waals surface area contributed by atoms with E-state index in [0.29, 0.717) is 60.9 Å². The second-order valence-electron chi connectivity index (χ2n) is 14.7. The molecule has 1 saturated heterocycles. The number of hydrogen-bond acceptors (Lipinski definition) is 11. The molecule has 1 heterocycles. The average molecular weight is 747 g/mol. The molecule has 1 aliphatic carbocycles. The minimum atomic E-state index is -1.38. The van der Waals surface area contributed by atoms with Crippen LogP contribution < -0.4 is 25.1 Å². The lowest BCUT2D eigenvalue weighted by atomic mass is 9.55. The van der Waals surface area contributed by atoms with Crippen molar-refractivity contribution in [2.24, 2.45) is 37.2 Å². The molecule has 284 valence electrons. The number of nitrogens with two attached hydrogens (primary N) is 1. The molecule has 17 heteroatoms. The van der Waals surface area contributed by atoms with Gasteiger partial charge in [0.25, 0.3) is 0 Å². The van der Waals surface area contributed by atoms with E-state index in [4.69, 9.17) is 30.5 Å². The summed E-state index contributed by atoms with van der Waals surface area (Å²) in [6.07, 6.45) is 1.04. The molecule has 2 aliphatic rings. The van der Waals surface area contributed by atoms with Gasteiger partial charge in [-0.15, -0.1) is 4.91 Å². The molecule has 4 aromatic rings. The standard InChI is InChI=1S/C38H42N12O5/c1-36(22-43-47-39)19-37(2,23-44-48-40)21-38(20-36,46-51)31-18-34(55-42)29-16-28(27-10-9-26(15-33(27)52-3)54-24-45-49-41)32(50-11-13-53-14-12-50)17-30(29)35(31)25-7-5-4-6-8-25/h4-10,15-18H,11-14,19-24,42H2,1-3H3. The highest BCUT2D eigenvalue weighted by molar-refractivity contribution is 6.07. The minimum Gasteiger partial charge on any atom is -0.496 e. The summed E-state index contributed by atoms with van der Waals surface area (Å²) in [6.45, 7) is 6.27. The van der Waals surface area contributed by atoms with E-state index >= 15 is 0 Å². The smallest absolute Gasteiger partial charge is 0.167 e. The minimum absolute atomic E-state index is 0.114. The zero-order valence-electron chi connectivity index (χ0n) is 31.0. The van der Waals surface area contributed by atoms with E-state index in [1.165, 1.54) is 0 Å². The molecule has 1 aliphatic heterocycles. The van der Waals surface area contributed by atoms with Gasteiger partial charge in [-0.1, -0.05) is 64.7 Å². The molecular formula is C38H42N12O5. The Morgan fingerprint density at radius 2 is 1.49 bits per heavy atom. The highest BCUT2D eigenvalue weighted by Gasteiger charge is 2.54. The summed E-state index contributed by atoms with van der Waals surface area (Å²) < 4.78 is 17.2. The van der Waals surface area contributed by atoms with Gasteiger partial charge in [0.1, 0.15) is 17.0 Å². The lowest BCUT2D eigenvalue weighted by Gasteiger charge is -2.51. The number of fused-ring (bicyclic) bond motifs is 1. The second kappa shape index (κ2) is 16.4. The van der Waals surface area contributed by atoms with E-state index in [1.807, 2.05) is 56.3 Å². The second-order valence-corrected chi connectivity index (χ2v) is 14.7. The van der Waals surface area contributed by atoms with Crippen LogP contribution in [0.4, 0.5) is 5.69 Å². The zero-order valence-corrected chi connectivity index (χ0v) is 31.0. The van der Waals surface area contributed by atoms with Crippen LogP contribution in [0.25, 0.3) is 64.4 Å². The van der Waals surface area contributed by atoms with Gasteiger partial charge >= 0.3 is 0 Å². The number of nitroso groups, excluding NO2 is 1. The van der Waals surface area contributed by atoms with E-state index in [2.05, 4.69) is 46.2 Å².